The first-order valence-electron chi connectivity index (χ1n) is 11.9. The van der Waals surface area contributed by atoms with Crippen LogP contribution in [0.25, 0.3) is 0 Å². The Hall–Kier alpha value is -3.45. The van der Waals surface area contributed by atoms with Gasteiger partial charge in [-0.3, -0.25) is 9.52 Å². The smallest absolute Gasteiger partial charge is 0.368 e. The number of fused-ring (bicyclic) bond motifs is 1. The highest BCUT2D eigenvalue weighted by Crippen LogP contribution is 2.35. The van der Waals surface area contributed by atoms with Crippen LogP contribution in [0.3, 0.4) is 0 Å². The van der Waals surface area contributed by atoms with Crippen LogP contribution in [-0.2, 0) is 27.4 Å². The van der Waals surface area contributed by atoms with Crippen molar-refractivity contribution >= 4 is 50.0 Å². The van der Waals surface area contributed by atoms with E-state index in [9.17, 15) is 26.4 Å². The lowest BCUT2D eigenvalue weighted by atomic mass is 10.1. The predicted octanol–water partition coefficient (Wildman–Crippen LogP) is 4.22. The predicted molar refractivity (Wildman–Crippen MR) is 141 cm³/mol. The monoisotopic (exact) mass is 566 g/mol. The fourth-order valence-electron chi connectivity index (χ4n) is 4.67. The maximum absolute atomic E-state index is 13.3. The molecule has 1 aromatic heterocycles. The molecule has 0 radical (unpaired) electrons. The first-order chi connectivity index (χ1) is 18.0. The van der Waals surface area contributed by atoms with E-state index in [1.54, 1.807) is 40.1 Å². The third kappa shape index (κ3) is 5.25. The van der Waals surface area contributed by atoms with E-state index >= 15 is 0 Å². The van der Waals surface area contributed by atoms with Gasteiger partial charge in [0.1, 0.15) is 0 Å². The number of hydrogen-bond acceptors (Lipinski definition) is 6. The summed E-state index contributed by atoms with van der Waals surface area (Å²) < 4.78 is 68.9. The molecule has 1 atom stereocenters. The van der Waals surface area contributed by atoms with E-state index in [0.29, 0.717) is 43.4 Å². The lowest BCUT2D eigenvalue weighted by Crippen LogP contribution is -2.52. The molecule has 1 amide bonds. The Kier molecular flexibility index (Phi) is 6.90. The van der Waals surface area contributed by atoms with Crippen molar-refractivity contribution in [3.63, 3.8) is 0 Å². The Morgan fingerprint density at radius 2 is 1.84 bits per heavy atom. The molecule has 1 saturated heterocycles. The van der Waals surface area contributed by atoms with E-state index in [-0.39, 0.29) is 12.2 Å². The Morgan fingerprint density at radius 1 is 1.13 bits per heavy atom. The van der Waals surface area contributed by atoms with E-state index in [2.05, 4.69) is 14.6 Å². The molecule has 3 heterocycles. The summed E-state index contributed by atoms with van der Waals surface area (Å²) in [6.07, 6.45) is -0.692. The number of aromatic nitrogens is 1. The van der Waals surface area contributed by atoms with Gasteiger partial charge in [-0.15, -0.1) is 11.3 Å². The highest BCUT2D eigenvalue weighted by molar-refractivity contribution is 7.93. The summed E-state index contributed by atoms with van der Waals surface area (Å²) in [6, 6.07) is 9.52. The summed E-state index contributed by atoms with van der Waals surface area (Å²) in [6.45, 7) is 3.68. The van der Waals surface area contributed by atoms with Crippen molar-refractivity contribution in [1.82, 2.24) is 9.88 Å². The van der Waals surface area contributed by atoms with Crippen LogP contribution in [0.4, 0.5) is 29.7 Å². The van der Waals surface area contributed by atoms with Crippen LogP contribution in [0, 0.1) is 0 Å². The molecular weight excluding hydrogens is 539 g/mol. The van der Waals surface area contributed by atoms with Gasteiger partial charge in [0, 0.05) is 63.4 Å². The Bertz CT molecular complexity index is 1470. The van der Waals surface area contributed by atoms with E-state index in [1.165, 1.54) is 35.7 Å². The molecule has 3 aromatic rings. The minimum absolute atomic E-state index is 0. The molecule has 13 heteroatoms. The molecule has 5 rings (SSSR count). The number of amides is 1. The summed E-state index contributed by atoms with van der Waals surface area (Å²) in [5, 5.41) is 1.97. The minimum atomic E-state index is -4.45. The number of halogens is 3. The van der Waals surface area contributed by atoms with Crippen LogP contribution in [0.2, 0.25) is 0 Å². The maximum atomic E-state index is 13.3. The largest absolute Gasteiger partial charge is 0.416 e. The van der Waals surface area contributed by atoms with Crippen LogP contribution >= 0.6 is 11.3 Å². The number of hydrogen-bond donors (Lipinski definition) is 1. The highest BCUT2D eigenvalue weighted by Gasteiger charge is 2.38. The lowest BCUT2D eigenvalue weighted by Gasteiger charge is -2.36. The molecule has 38 heavy (non-hydrogen) atoms. The number of thiazole rings is 1. The molecule has 8 nitrogen and oxygen atoms in total. The van der Waals surface area contributed by atoms with Crippen molar-refractivity contribution in [3.8, 4) is 0 Å². The molecule has 1 N–H and O–H groups in total. The van der Waals surface area contributed by atoms with E-state index in [0.717, 1.165) is 23.4 Å². The molecule has 202 valence electrons. The Balaban J connectivity index is 0.00000353. The molecule has 0 bridgehead atoms. The number of sulfonamides is 1. The highest BCUT2D eigenvalue weighted by atomic mass is 32.2. The number of nitrogens with zero attached hydrogens (tertiary/aromatic N) is 4. The normalized spacial score (nSPS) is 16.7. The van der Waals surface area contributed by atoms with Crippen LogP contribution < -0.4 is 9.62 Å². The van der Waals surface area contributed by atoms with Gasteiger partial charge in [0.05, 0.1) is 16.9 Å². The first kappa shape index (κ1) is 26.2. The summed E-state index contributed by atoms with van der Waals surface area (Å²) in [4.78, 5) is 21.1. The lowest BCUT2D eigenvalue weighted by molar-refractivity contribution is -0.460. The van der Waals surface area contributed by atoms with Crippen LogP contribution in [0.5, 0.6) is 0 Å². The number of rotatable bonds is 6. The molecular formula is C25H27F3N5O3S2+. The third-order valence-corrected chi connectivity index (χ3v) is 8.90. The van der Waals surface area contributed by atoms with Gasteiger partial charge in [-0.05, 0) is 30.3 Å². The zero-order chi connectivity index (χ0) is 27.1. The zero-order valence-corrected chi connectivity index (χ0v) is 22.0. The van der Waals surface area contributed by atoms with Crippen molar-refractivity contribution in [2.75, 3.05) is 35.8 Å². The van der Waals surface area contributed by atoms with Crippen LogP contribution in [-0.4, -0.2) is 67.2 Å². The number of piperazine rings is 1. The summed E-state index contributed by atoms with van der Waals surface area (Å²) in [5.41, 5.74) is 1.27. The average Bonchev–Trinajstić information content (AvgIpc) is 3.56. The van der Waals surface area contributed by atoms with Gasteiger partial charge < -0.3 is 9.80 Å². The molecule has 0 spiro atoms. The first-order valence-corrected chi connectivity index (χ1v) is 14.3. The fraction of sp³-hybridized carbons (Fsp3) is 0.320. The van der Waals surface area contributed by atoms with Crippen molar-refractivity contribution in [1.29, 1.82) is 0 Å². The molecule has 0 aliphatic carbocycles. The fourth-order valence-corrected chi connectivity index (χ4v) is 6.46. The third-order valence-electron chi connectivity index (χ3n) is 6.73. The SMILES string of the molecule is C[C@H](C(=O)N1CCN(c2ccc(S(=O)(=O)Nc3nccs3)cc2)CC1)[N+]1=CCc2ccc(C(F)(F)F)cc21.[HH]. The van der Waals surface area contributed by atoms with Crippen molar-refractivity contribution < 1.29 is 32.4 Å². The molecule has 1 fully saturated rings. The number of benzene rings is 2. The van der Waals surface area contributed by atoms with Gasteiger partial charge in [0.2, 0.25) is 11.7 Å². The number of carbonyl (C=O) groups excluding carboxylic acids is 1. The van der Waals surface area contributed by atoms with Gasteiger partial charge in [0.25, 0.3) is 15.9 Å². The second kappa shape index (κ2) is 10.0. The van der Waals surface area contributed by atoms with Crippen LogP contribution in [0.1, 0.15) is 19.5 Å². The second-order valence-corrected chi connectivity index (χ2v) is 11.6. The standard InChI is InChI=1S/C25H25F3N5O3S2.H2/c1-17(33-10-8-18-2-3-19(16-22(18)33)25(26,27)28)23(34)32-13-11-31(12-14-32)20-4-6-21(7-5-20)38(35,36)30-24-29-9-15-37-24;/h2-7,9-10,15-17H,8,11-14H2,1H3,(H,29,30);1H/q+1;/t17-;/m1./s1. The van der Waals surface area contributed by atoms with E-state index in [1.807, 2.05) is 0 Å². The van der Waals surface area contributed by atoms with Gasteiger partial charge >= 0.3 is 6.18 Å². The average molecular weight is 567 g/mol. The quantitative estimate of drug-likeness (QED) is 0.452. The number of nitrogens with one attached hydrogen (secondary N) is 1. The molecule has 2 aromatic carbocycles. The van der Waals surface area contributed by atoms with Gasteiger partial charge in [-0.2, -0.15) is 17.7 Å². The van der Waals surface area contributed by atoms with Crippen molar-refractivity contribution in [3.05, 3.63) is 65.2 Å². The van der Waals surface area contributed by atoms with Gasteiger partial charge in [0.15, 0.2) is 11.3 Å². The summed E-state index contributed by atoms with van der Waals surface area (Å²) in [5.74, 6) is -0.152. The molecule has 0 saturated carbocycles. The zero-order valence-electron chi connectivity index (χ0n) is 20.4. The van der Waals surface area contributed by atoms with Gasteiger partial charge in [-0.25, -0.2) is 13.4 Å². The van der Waals surface area contributed by atoms with Crippen molar-refractivity contribution in [2.24, 2.45) is 0 Å². The molecule has 2 aliphatic heterocycles. The summed E-state index contributed by atoms with van der Waals surface area (Å²) >= 11 is 1.19. The topological polar surface area (TPSA) is 85.6 Å². The van der Waals surface area contributed by atoms with E-state index in [4.69, 9.17) is 0 Å². The number of alkyl halides is 3. The van der Waals surface area contributed by atoms with Crippen molar-refractivity contribution in [2.45, 2.75) is 30.5 Å². The summed E-state index contributed by atoms with van der Waals surface area (Å²) in [7, 11) is -3.74. The number of carbonyl (C=O) groups is 1. The minimum Gasteiger partial charge on any atom is -0.368 e. The maximum Gasteiger partial charge on any atom is 0.416 e. The molecule has 0 unspecified atom stereocenters. The van der Waals surface area contributed by atoms with Gasteiger partial charge in [-0.1, -0.05) is 6.07 Å². The molecule has 2 aliphatic rings. The Labute approximate surface area is 223 Å². The van der Waals surface area contributed by atoms with Crippen LogP contribution in [0.15, 0.2) is 58.9 Å². The Morgan fingerprint density at radius 3 is 2.47 bits per heavy atom. The number of anilines is 2. The second-order valence-electron chi connectivity index (χ2n) is 9.06. The van der Waals surface area contributed by atoms with E-state index < -0.39 is 27.8 Å².